The number of carbonyl (C=O) groups is 1. The van der Waals surface area contributed by atoms with Crippen LogP contribution in [0.5, 0.6) is 0 Å². The molecule has 0 unspecified atom stereocenters. The molecule has 0 atom stereocenters. The van der Waals surface area contributed by atoms with E-state index in [9.17, 15) is 10.0 Å². The van der Waals surface area contributed by atoms with E-state index in [4.69, 9.17) is 20.1 Å². The number of benzene rings is 2. The van der Waals surface area contributed by atoms with Gasteiger partial charge in [0.25, 0.3) is 6.47 Å². The van der Waals surface area contributed by atoms with Gasteiger partial charge in [0.1, 0.15) is 5.58 Å². The van der Waals surface area contributed by atoms with E-state index >= 15 is 0 Å². The first-order valence-corrected chi connectivity index (χ1v) is 7.51. The number of aromatic nitrogens is 2. The Hall–Kier alpha value is -3.43. The lowest BCUT2D eigenvalue weighted by atomic mass is 9.78. The highest BCUT2D eigenvalue weighted by Gasteiger charge is 2.19. The molecule has 0 amide bonds. The molecule has 0 fully saturated rings. The summed E-state index contributed by atoms with van der Waals surface area (Å²) in [6.45, 7) is -0.250. The summed E-state index contributed by atoms with van der Waals surface area (Å²) in [5.74, 6) is 0. The number of nitrogens with two attached hydrogens (primary N) is 1. The molecule has 0 aliphatic heterocycles. The van der Waals surface area contributed by atoms with E-state index < -0.39 is 7.12 Å². The summed E-state index contributed by atoms with van der Waals surface area (Å²) in [6.07, 6.45) is 3.03. The van der Waals surface area contributed by atoms with Gasteiger partial charge >= 0.3 is 7.12 Å². The zero-order valence-electron chi connectivity index (χ0n) is 13.4. The van der Waals surface area contributed by atoms with Gasteiger partial charge in [0.15, 0.2) is 0 Å². The number of hydrogen-bond donors (Lipinski definition) is 4. The number of hydrogen-bond acceptors (Lipinski definition) is 7. The van der Waals surface area contributed by atoms with Crippen molar-refractivity contribution in [2.75, 3.05) is 5.73 Å². The quantitative estimate of drug-likeness (QED) is 0.309. The van der Waals surface area contributed by atoms with Crippen molar-refractivity contribution in [3.05, 3.63) is 48.9 Å². The fourth-order valence-electron chi connectivity index (χ4n) is 2.73. The van der Waals surface area contributed by atoms with Crippen molar-refractivity contribution < 1.29 is 24.4 Å². The highest BCUT2D eigenvalue weighted by atomic mass is 16.4. The van der Waals surface area contributed by atoms with Gasteiger partial charge in [-0.05, 0) is 35.4 Å². The smallest absolute Gasteiger partial charge is 0.483 e. The van der Waals surface area contributed by atoms with Crippen molar-refractivity contribution in [2.45, 2.75) is 0 Å². The maximum absolute atomic E-state index is 9.58. The highest BCUT2D eigenvalue weighted by Crippen LogP contribution is 2.28. The Labute approximate surface area is 147 Å². The molecule has 0 radical (unpaired) electrons. The zero-order chi connectivity index (χ0) is 18.7. The molecule has 2 heterocycles. The summed E-state index contributed by atoms with van der Waals surface area (Å²) < 4.78 is 5.33. The van der Waals surface area contributed by atoms with Crippen molar-refractivity contribution in [3.63, 3.8) is 0 Å². The summed E-state index contributed by atoms with van der Waals surface area (Å²) in [7, 11) is -1.61. The molecule has 5 N–H and O–H groups in total. The summed E-state index contributed by atoms with van der Waals surface area (Å²) in [5.41, 5.74) is 9.63. The molecule has 9 heteroatoms. The zero-order valence-corrected chi connectivity index (χ0v) is 13.4. The van der Waals surface area contributed by atoms with Crippen LogP contribution in [0.4, 0.5) is 5.69 Å². The molecule has 0 saturated heterocycles. The molecule has 0 aliphatic carbocycles. The molecule has 0 bridgehead atoms. The Bertz CT molecular complexity index is 1080. The largest absolute Gasteiger partial charge is 0.492 e. The van der Waals surface area contributed by atoms with E-state index in [-0.39, 0.29) is 6.47 Å². The van der Waals surface area contributed by atoms with Gasteiger partial charge in [-0.1, -0.05) is 12.1 Å². The van der Waals surface area contributed by atoms with Crippen LogP contribution in [0.15, 0.2) is 53.3 Å². The molecular formula is C17H14BN3O5. The normalized spacial score (nSPS) is 10.4. The van der Waals surface area contributed by atoms with Gasteiger partial charge in [-0.15, -0.1) is 0 Å². The number of nitrogen functional groups attached to an aromatic ring is 1. The predicted molar refractivity (Wildman–Crippen MR) is 97.7 cm³/mol. The van der Waals surface area contributed by atoms with Crippen molar-refractivity contribution >= 4 is 46.6 Å². The van der Waals surface area contributed by atoms with Gasteiger partial charge in [0.05, 0.1) is 23.7 Å². The second-order valence-electron chi connectivity index (χ2n) is 5.42. The molecule has 4 aromatic rings. The summed E-state index contributed by atoms with van der Waals surface area (Å²) in [6, 6.07) is 11.1. The summed E-state index contributed by atoms with van der Waals surface area (Å²) >= 11 is 0. The predicted octanol–water partition coefficient (Wildman–Crippen LogP) is 1.01. The van der Waals surface area contributed by atoms with Crippen LogP contribution in [0.2, 0.25) is 0 Å². The number of carboxylic acid groups (broad SMARTS) is 1. The number of rotatable bonds is 2. The van der Waals surface area contributed by atoms with Gasteiger partial charge in [-0.3, -0.25) is 4.79 Å². The maximum atomic E-state index is 9.58. The van der Waals surface area contributed by atoms with E-state index in [1.54, 1.807) is 12.1 Å². The molecule has 4 rings (SSSR count). The molecule has 2 aromatic heterocycles. The number of furan rings is 1. The van der Waals surface area contributed by atoms with Crippen molar-refractivity contribution in [3.8, 4) is 11.1 Å². The molecule has 0 saturated carbocycles. The van der Waals surface area contributed by atoms with E-state index in [1.807, 2.05) is 24.3 Å². The number of anilines is 1. The lowest BCUT2D eigenvalue weighted by molar-refractivity contribution is -0.122. The lowest BCUT2D eigenvalue weighted by Crippen LogP contribution is -2.30. The number of fused-ring (bicyclic) bond motifs is 2. The van der Waals surface area contributed by atoms with Crippen LogP contribution in [-0.2, 0) is 4.79 Å². The minimum absolute atomic E-state index is 0.250. The molecular weight excluding hydrogens is 337 g/mol. The van der Waals surface area contributed by atoms with Gasteiger partial charge in [0.2, 0.25) is 0 Å². The minimum Gasteiger partial charge on any atom is -0.483 e. The molecule has 0 aliphatic rings. The Morgan fingerprint density at radius 2 is 1.88 bits per heavy atom. The van der Waals surface area contributed by atoms with Crippen LogP contribution in [-0.4, -0.2) is 38.9 Å². The molecule has 8 nitrogen and oxygen atoms in total. The topological polar surface area (TPSA) is 143 Å². The third-order valence-electron chi connectivity index (χ3n) is 3.86. The van der Waals surface area contributed by atoms with Crippen LogP contribution in [0.25, 0.3) is 33.0 Å². The van der Waals surface area contributed by atoms with E-state index in [1.165, 1.54) is 12.5 Å². The molecule has 130 valence electrons. The van der Waals surface area contributed by atoms with Crippen LogP contribution < -0.4 is 11.2 Å². The standard InChI is InChI=1S/C16H12BN3O3.CH2O2/c18-14-8-19-20-15-7-9(1-2-12(14)15)11-5-10-3-4-23-16(10)13(6-11)17(21)22;2-1-3/h1-8,21-22H,(H2,18,20);1H,(H,2,3). The second-order valence-corrected chi connectivity index (χ2v) is 5.42. The second kappa shape index (κ2) is 7.22. The SMILES string of the molecule is Nc1cnnc2cc(-c3cc(B(O)O)c4occc4c3)ccc12.O=CO. The third-order valence-corrected chi connectivity index (χ3v) is 3.86. The van der Waals surface area contributed by atoms with Crippen molar-refractivity contribution in [1.82, 2.24) is 10.2 Å². The Morgan fingerprint density at radius 1 is 1.12 bits per heavy atom. The fourth-order valence-corrected chi connectivity index (χ4v) is 2.73. The van der Waals surface area contributed by atoms with Gasteiger partial charge in [0, 0.05) is 16.2 Å². The van der Waals surface area contributed by atoms with E-state index in [2.05, 4.69) is 10.2 Å². The first-order chi connectivity index (χ1) is 12.5. The van der Waals surface area contributed by atoms with Gasteiger partial charge in [-0.25, -0.2) is 0 Å². The van der Waals surface area contributed by atoms with Crippen LogP contribution in [0, 0.1) is 0 Å². The van der Waals surface area contributed by atoms with Crippen LogP contribution >= 0.6 is 0 Å². The molecule has 2 aromatic carbocycles. The van der Waals surface area contributed by atoms with E-state index in [0.717, 1.165) is 21.9 Å². The average Bonchev–Trinajstić information content (AvgIpc) is 3.10. The van der Waals surface area contributed by atoms with Crippen molar-refractivity contribution in [1.29, 1.82) is 0 Å². The van der Waals surface area contributed by atoms with E-state index in [0.29, 0.717) is 22.2 Å². The Morgan fingerprint density at radius 3 is 2.62 bits per heavy atom. The first kappa shape index (κ1) is 17.4. The summed E-state index contributed by atoms with van der Waals surface area (Å²) in [5, 5.41) is 35.6. The third kappa shape index (κ3) is 3.21. The lowest BCUT2D eigenvalue weighted by Gasteiger charge is -2.08. The average molecular weight is 351 g/mol. The Kier molecular flexibility index (Phi) is 4.83. The van der Waals surface area contributed by atoms with Crippen LogP contribution in [0.3, 0.4) is 0 Å². The first-order valence-electron chi connectivity index (χ1n) is 7.51. The van der Waals surface area contributed by atoms with Gasteiger partial charge < -0.3 is 25.3 Å². The Balaban J connectivity index is 0.000000613. The van der Waals surface area contributed by atoms with Crippen LogP contribution in [0.1, 0.15) is 0 Å². The summed E-state index contributed by atoms with van der Waals surface area (Å²) in [4.78, 5) is 8.36. The monoisotopic (exact) mass is 351 g/mol. The highest BCUT2D eigenvalue weighted by molar-refractivity contribution is 6.61. The molecule has 26 heavy (non-hydrogen) atoms. The van der Waals surface area contributed by atoms with Gasteiger partial charge in [-0.2, -0.15) is 10.2 Å². The number of nitrogens with zero attached hydrogens (tertiary/aromatic N) is 2. The van der Waals surface area contributed by atoms with Crippen molar-refractivity contribution in [2.24, 2.45) is 0 Å². The minimum atomic E-state index is -1.61. The molecule has 0 spiro atoms. The maximum Gasteiger partial charge on any atom is 0.492 e. The fraction of sp³-hybridized carbons (Fsp3) is 0.